The van der Waals surface area contributed by atoms with Crippen LogP contribution < -0.4 is 0 Å². The third-order valence-electron chi connectivity index (χ3n) is 4.33. The van der Waals surface area contributed by atoms with Gasteiger partial charge in [0.05, 0.1) is 17.4 Å². The topological polar surface area (TPSA) is 65.1 Å². The standard InChI is InChI=1S/C16H23N5OS/c1-11-15(23-10-18-11)9-20(3)7-13-4-5-21(8-13)16(22)14-6-17-12(2)19-14/h6,10,13H,4-5,7-9H2,1-3H3,(H,17,19). The molecule has 2 aromatic rings. The minimum atomic E-state index is 0.0639. The number of carbonyl (C=O) groups excluding carboxylic acids is 1. The van der Waals surface area contributed by atoms with Crippen LogP contribution in [0.2, 0.25) is 0 Å². The Bertz CT molecular complexity index is 680. The Balaban J connectivity index is 1.51. The molecular formula is C16H23N5OS. The average Bonchev–Trinajstić information content (AvgIpc) is 3.22. The smallest absolute Gasteiger partial charge is 0.271 e. The van der Waals surface area contributed by atoms with E-state index in [0.29, 0.717) is 11.6 Å². The molecule has 2 aromatic heterocycles. The number of nitrogens with zero attached hydrogens (tertiary/aromatic N) is 4. The van der Waals surface area contributed by atoms with E-state index < -0.39 is 0 Å². The van der Waals surface area contributed by atoms with Crippen LogP contribution in [0.15, 0.2) is 11.7 Å². The van der Waals surface area contributed by atoms with Crippen LogP contribution in [0.3, 0.4) is 0 Å². The number of nitrogens with one attached hydrogen (secondary N) is 1. The molecule has 23 heavy (non-hydrogen) atoms. The molecule has 3 heterocycles. The summed E-state index contributed by atoms with van der Waals surface area (Å²) < 4.78 is 0. The summed E-state index contributed by atoms with van der Waals surface area (Å²) in [6.45, 7) is 7.50. The van der Waals surface area contributed by atoms with Gasteiger partial charge in [0.1, 0.15) is 11.5 Å². The van der Waals surface area contributed by atoms with Gasteiger partial charge in [-0.15, -0.1) is 11.3 Å². The Morgan fingerprint density at radius 2 is 2.30 bits per heavy atom. The second kappa shape index (κ2) is 6.80. The van der Waals surface area contributed by atoms with E-state index in [9.17, 15) is 4.79 Å². The number of amides is 1. The van der Waals surface area contributed by atoms with E-state index in [0.717, 1.165) is 44.1 Å². The van der Waals surface area contributed by atoms with Crippen molar-refractivity contribution < 1.29 is 4.79 Å². The molecule has 0 radical (unpaired) electrons. The largest absolute Gasteiger partial charge is 0.338 e. The number of rotatable bonds is 5. The molecule has 1 aliphatic heterocycles. The highest BCUT2D eigenvalue weighted by atomic mass is 32.1. The summed E-state index contributed by atoms with van der Waals surface area (Å²) in [5, 5.41) is 0. The second-order valence-electron chi connectivity index (χ2n) is 6.35. The van der Waals surface area contributed by atoms with Gasteiger partial charge >= 0.3 is 0 Å². The fraction of sp³-hybridized carbons (Fsp3) is 0.562. The second-order valence-corrected chi connectivity index (χ2v) is 7.29. The first-order valence-electron chi connectivity index (χ1n) is 7.91. The predicted molar refractivity (Wildman–Crippen MR) is 90.5 cm³/mol. The molecule has 1 amide bonds. The van der Waals surface area contributed by atoms with Crippen LogP contribution in [0.25, 0.3) is 0 Å². The molecule has 124 valence electrons. The predicted octanol–water partition coefficient (Wildman–Crippen LogP) is 2.08. The van der Waals surface area contributed by atoms with Crippen molar-refractivity contribution in [3.63, 3.8) is 0 Å². The highest BCUT2D eigenvalue weighted by Crippen LogP contribution is 2.21. The third kappa shape index (κ3) is 3.79. The Kier molecular flexibility index (Phi) is 4.77. The molecule has 7 heteroatoms. The highest BCUT2D eigenvalue weighted by molar-refractivity contribution is 7.09. The van der Waals surface area contributed by atoms with Gasteiger partial charge in [0.25, 0.3) is 5.91 Å². The van der Waals surface area contributed by atoms with Crippen molar-refractivity contribution in [1.29, 1.82) is 0 Å². The molecule has 0 aromatic carbocycles. The molecular weight excluding hydrogens is 310 g/mol. The zero-order valence-corrected chi connectivity index (χ0v) is 14.7. The van der Waals surface area contributed by atoms with Crippen LogP contribution in [0.1, 0.15) is 33.3 Å². The molecule has 0 aliphatic carbocycles. The fourth-order valence-corrected chi connectivity index (χ4v) is 3.95. The van der Waals surface area contributed by atoms with Gasteiger partial charge in [0, 0.05) is 31.1 Å². The SMILES string of the molecule is Cc1ncc(C(=O)N2CCC(CN(C)Cc3scnc3C)C2)[nH]1. The number of hydrogen-bond acceptors (Lipinski definition) is 5. The number of hydrogen-bond donors (Lipinski definition) is 1. The fourth-order valence-electron chi connectivity index (χ4n) is 3.09. The first-order valence-corrected chi connectivity index (χ1v) is 8.79. The summed E-state index contributed by atoms with van der Waals surface area (Å²) in [7, 11) is 2.14. The minimum absolute atomic E-state index is 0.0639. The maximum atomic E-state index is 12.4. The van der Waals surface area contributed by atoms with E-state index >= 15 is 0 Å². The first-order chi connectivity index (χ1) is 11.0. The van der Waals surface area contributed by atoms with Crippen LogP contribution >= 0.6 is 11.3 Å². The van der Waals surface area contributed by atoms with Crippen molar-refractivity contribution in [2.75, 3.05) is 26.7 Å². The van der Waals surface area contributed by atoms with Gasteiger partial charge in [-0.2, -0.15) is 0 Å². The Labute approximate surface area is 140 Å². The lowest BCUT2D eigenvalue weighted by Gasteiger charge is -2.21. The molecule has 1 aliphatic rings. The van der Waals surface area contributed by atoms with Crippen molar-refractivity contribution in [3.8, 4) is 0 Å². The number of aromatic nitrogens is 3. The van der Waals surface area contributed by atoms with Crippen LogP contribution in [-0.4, -0.2) is 57.3 Å². The van der Waals surface area contributed by atoms with E-state index in [-0.39, 0.29) is 5.91 Å². The average molecular weight is 333 g/mol. The zero-order chi connectivity index (χ0) is 16.4. The summed E-state index contributed by atoms with van der Waals surface area (Å²) >= 11 is 1.71. The number of likely N-dealkylation sites (tertiary alicyclic amines) is 1. The maximum Gasteiger partial charge on any atom is 0.271 e. The van der Waals surface area contributed by atoms with Crippen LogP contribution in [0.5, 0.6) is 0 Å². The number of aryl methyl sites for hydroxylation is 2. The molecule has 1 saturated heterocycles. The minimum Gasteiger partial charge on any atom is -0.338 e. The highest BCUT2D eigenvalue weighted by Gasteiger charge is 2.28. The van der Waals surface area contributed by atoms with Gasteiger partial charge in [0.15, 0.2) is 0 Å². The molecule has 1 fully saturated rings. The molecule has 6 nitrogen and oxygen atoms in total. The number of aromatic amines is 1. The molecule has 0 spiro atoms. The number of carbonyl (C=O) groups is 1. The van der Waals surface area contributed by atoms with Crippen molar-refractivity contribution in [3.05, 3.63) is 33.8 Å². The summed E-state index contributed by atoms with van der Waals surface area (Å²) in [5.41, 5.74) is 3.62. The van der Waals surface area contributed by atoms with E-state index in [4.69, 9.17) is 0 Å². The van der Waals surface area contributed by atoms with Gasteiger partial charge in [-0.25, -0.2) is 9.97 Å². The zero-order valence-electron chi connectivity index (χ0n) is 13.9. The van der Waals surface area contributed by atoms with E-state index in [1.165, 1.54) is 4.88 Å². The quantitative estimate of drug-likeness (QED) is 0.910. The molecule has 3 rings (SSSR count). The first kappa shape index (κ1) is 16.1. The molecule has 1 N–H and O–H groups in total. The molecule has 0 saturated carbocycles. The number of imidazole rings is 1. The summed E-state index contributed by atoms with van der Waals surface area (Å²) in [5.74, 6) is 1.37. The van der Waals surface area contributed by atoms with Crippen LogP contribution in [0, 0.1) is 19.8 Å². The van der Waals surface area contributed by atoms with E-state index in [2.05, 4.69) is 33.8 Å². The number of thiazole rings is 1. The van der Waals surface area contributed by atoms with Crippen LogP contribution in [-0.2, 0) is 6.54 Å². The Hall–Kier alpha value is -1.73. The Morgan fingerprint density at radius 1 is 1.48 bits per heavy atom. The molecule has 0 bridgehead atoms. The van der Waals surface area contributed by atoms with Gasteiger partial charge < -0.3 is 14.8 Å². The lowest BCUT2D eigenvalue weighted by atomic mass is 10.1. The van der Waals surface area contributed by atoms with E-state index in [1.807, 2.05) is 17.3 Å². The van der Waals surface area contributed by atoms with Crippen molar-refractivity contribution in [2.24, 2.45) is 5.92 Å². The molecule has 1 atom stereocenters. The van der Waals surface area contributed by atoms with Gasteiger partial charge in [-0.05, 0) is 33.2 Å². The number of H-pyrrole nitrogens is 1. The van der Waals surface area contributed by atoms with Crippen molar-refractivity contribution in [1.82, 2.24) is 24.8 Å². The summed E-state index contributed by atoms with van der Waals surface area (Å²) in [6, 6.07) is 0. The van der Waals surface area contributed by atoms with Crippen molar-refractivity contribution >= 4 is 17.2 Å². The third-order valence-corrected chi connectivity index (χ3v) is 5.25. The normalized spacial score (nSPS) is 18.1. The van der Waals surface area contributed by atoms with E-state index in [1.54, 1.807) is 17.5 Å². The van der Waals surface area contributed by atoms with Crippen LogP contribution in [0.4, 0.5) is 0 Å². The summed E-state index contributed by atoms with van der Waals surface area (Å²) in [6.07, 6.45) is 2.69. The Morgan fingerprint density at radius 3 is 2.96 bits per heavy atom. The maximum absolute atomic E-state index is 12.4. The lowest BCUT2D eigenvalue weighted by Crippen LogP contribution is -2.31. The van der Waals surface area contributed by atoms with Gasteiger partial charge in [-0.1, -0.05) is 0 Å². The summed E-state index contributed by atoms with van der Waals surface area (Å²) in [4.78, 5) is 29.5. The molecule has 1 unspecified atom stereocenters. The van der Waals surface area contributed by atoms with Gasteiger partial charge in [-0.3, -0.25) is 4.79 Å². The van der Waals surface area contributed by atoms with Crippen molar-refractivity contribution in [2.45, 2.75) is 26.8 Å². The lowest BCUT2D eigenvalue weighted by molar-refractivity contribution is 0.0779. The van der Waals surface area contributed by atoms with Gasteiger partial charge in [0.2, 0.25) is 0 Å². The monoisotopic (exact) mass is 333 g/mol.